The zero-order valence-electron chi connectivity index (χ0n) is 11.8. The molecular weight excluding hydrogens is 260 g/mol. The summed E-state index contributed by atoms with van der Waals surface area (Å²) < 4.78 is 0. The predicted molar refractivity (Wildman–Crippen MR) is 85.3 cm³/mol. The van der Waals surface area contributed by atoms with Crippen molar-refractivity contribution >= 4 is 22.5 Å². The van der Waals surface area contributed by atoms with Crippen LogP contribution in [0.15, 0.2) is 60.8 Å². The summed E-state index contributed by atoms with van der Waals surface area (Å²) in [5, 5.41) is 5.16. The second-order valence-corrected chi connectivity index (χ2v) is 5.12. The van der Waals surface area contributed by atoms with Gasteiger partial charge in [-0.25, -0.2) is 4.98 Å². The maximum Gasteiger partial charge on any atom is 0.229 e. The first-order valence-electron chi connectivity index (χ1n) is 6.91. The highest BCUT2D eigenvalue weighted by molar-refractivity contribution is 5.92. The SMILES string of the molecule is Cc1ccnc(NC(=O)Cc2ccc3ccccc3c2)c1. The van der Waals surface area contributed by atoms with Crippen LogP contribution in [0.5, 0.6) is 0 Å². The largest absolute Gasteiger partial charge is 0.310 e. The molecule has 0 fully saturated rings. The number of nitrogens with one attached hydrogen (secondary N) is 1. The summed E-state index contributed by atoms with van der Waals surface area (Å²) in [5.74, 6) is 0.546. The average Bonchev–Trinajstić information content (AvgIpc) is 2.47. The molecule has 21 heavy (non-hydrogen) atoms. The van der Waals surface area contributed by atoms with Crippen molar-refractivity contribution in [3.63, 3.8) is 0 Å². The Bertz CT molecular complexity index is 796. The van der Waals surface area contributed by atoms with Gasteiger partial charge in [-0.2, -0.15) is 0 Å². The minimum absolute atomic E-state index is 0.0524. The standard InChI is InChI=1S/C18H16N2O/c1-13-8-9-19-17(10-13)20-18(21)12-14-6-7-15-4-2-3-5-16(15)11-14/h2-11H,12H2,1H3,(H,19,20,21). The molecule has 1 N–H and O–H groups in total. The van der Waals surface area contributed by atoms with E-state index in [-0.39, 0.29) is 5.91 Å². The van der Waals surface area contributed by atoms with E-state index in [0.717, 1.165) is 16.5 Å². The maximum absolute atomic E-state index is 12.1. The molecule has 0 atom stereocenters. The van der Waals surface area contributed by atoms with Gasteiger partial charge in [-0.05, 0) is 41.0 Å². The van der Waals surface area contributed by atoms with E-state index in [9.17, 15) is 4.79 Å². The molecular formula is C18H16N2O. The summed E-state index contributed by atoms with van der Waals surface area (Å²) in [6.45, 7) is 1.97. The van der Waals surface area contributed by atoms with Gasteiger partial charge in [-0.3, -0.25) is 4.79 Å². The van der Waals surface area contributed by atoms with Crippen LogP contribution in [0.1, 0.15) is 11.1 Å². The number of hydrogen-bond donors (Lipinski definition) is 1. The van der Waals surface area contributed by atoms with Crippen molar-refractivity contribution in [1.82, 2.24) is 4.98 Å². The molecule has 0 aliphatic rings. The number of carbonyl (C=O) groups is 1. The van der Waals surface area contributed by atoms with Gasteiger partial charge in [0, 0.05) is 6.20 Å². The molecule has 0 saturated heterocycles. The lowest BCUT2D eigenvalue weighted by Crippen LogP contribution is -2.15. The van der Waals surface area contributed by atoms with Crippen molar-refractivity contribution in [3.05, 3.63) is 71.9 Å². The zero-order chi connectivity index (χ0) is 14.7. The van der Waals surface area contributed by atoms with Crippen LogP contribution < -0.4 is 5.32 Å². The van der Waals surface area contributed by atoms with Gasteiger partial charge in [-0.15, -0.1) is 0 Å². The lowest BCUT2D eigenvalue weighted by atomic mass is 10.0. The quantitative estimate of drug-likeness (QED) is 0.792. The molecule has 0 saturated carbocycles. The molecule has 0 aliphatic carbocycles. The molecule has 0 bridgehead atoms. The molecule has 0 aliphatic heterocycles. The molecule has 1 aromatic heterocycles. The van der Waals surface area contributed by atoms with E-state index >= 15 is 0 Å². The Kier molecular flexibility index (Phi) is 3.65. The Morgan fingerprint density at radius 3 is 2.67 bits per heavy atom. The van der Waals surface area contributed by atoms with Crippen LogP contribution in [-0.4, -0.2) is 10.9 Å². The number of anilines is 1. The number of fused-ring (bicyclic) bond motifs is 1. The molecule has 3 aromatic rings. The second kappa shape index (κ2) is 5.75. The number of aromatic nitrogens is 1. The Morgan fingerprint density at radius 2 is 1.86 bits per heavy atom. The van der Waals surface area contributed by atoms with Gasteiger partial charge >= 0.3 is 0 Å². The molecule has 2 aromatic carbocycles. The van der Waals surface area contributed by atoms with Crippen molar-refractivity contribution in [2.24, 2.45) is 0 Å². The number of benzene rings is 2. The van der Waals surface area contributed by atoms with Gasteiger partial charge < -0.3 is 5.32 Å². The monoisotopic (exact) mass is 276 g/mol. The normalized spacial score (nSPS) is 10.5. The van der Waals surface area contributed by atoms with E-state index in [1.165, 1.54) is 5.39 Å². The van der Waals surface area contributed by atoms with Crippen LogP contribution in [-0.2, 0) is 11.2 Å². The summed E-state index contributed by atoms with van der Waals surface area (Å²) >= 11 is 0. The molecule has 104 valence electrons. The molecule has 1 amide bonds. The van der Waals surface area contributed by atoms with E-state index in [1.807, 2.05) is 43.3 Å². The number of amides is 1. The van der Waals surface area contributed by atoms with E-state index < -0.39 is 0 Å². The molecule has 0 spiro atoms. The van der Waals surface area contributed by atoms with Crippen LogP contribution in [0.3, 0.4) is 0 Å². The highest BCUT2D eigenvalue weighted by atomic mass is 16.1. The van der Waals surface area contributed by atoms with Crippen LogP contribution in [0, 0.1) is 6.92 Å². The van der Waals surface area contributed by atoms with Gasteiger partial charge in [-0.1, -0.05) is 42.5 Å². The number of nitrogens with zero attached hydrogens (tertiary/aromatic N) is 1. The summed E-state index contributed by atoms with van der Waals surface area (Å²) in [6, 6.07) is 18.0. The summed E-state index contributed by atoms with van der Waals surface area (Å²) in [7, 11) is 0. The number of pyridine rings is 1. The molecule has 3 heteroatoms. The zero-order valence-corrected chi connectivity index (χ0v) is 11.8. The average molecular weight is 276 g/mol. The Balaban J connectivity index is 1.74. The topological polar surface area (TPSA) is 42.0 Å². The summed E-state index contributed by atoms with van der Waals surface area (Å²) in [5.41, 5.74) is 2.07. The third kappa shape index (κ3) is 3.26. The van der Waals surface area contributed by atoms with E-state index in [2.05, 4.69) is 28.5 Å². The number of carbonyl (C=O) groups excluding carboxylic acids is 1. The Labute approximate surface area is 123 Å². The van der Waals surface area contributed by atoms with Gasteiger partial charge in [0.15, 0.2) is 0 Å². The number of rotatable bonds is 3. The lowest BCUT2D eigenvalue weighted by Gasteiger charge is -2.06. The first-order chi connectivity index (χ1) is 10.2. The molecule has 0 unspecified atom stereocenters. The smallest absolute Gasteiger partial charge is 0.229 e. The summed E-state index contributed by atoms with van der Waals surface area (Å²) in [6.07, 6.45) is 2.04. The van der Waals surface area contributed by atoms with Crippen LogP contribution in [0.4, 0.5) is 5.82 Å². The fourth-order valence-electron chi connectivity index (χ4n) is 2.33. The third-order valence-electron chi connectivity index (χ3n) is 3.36. The minimum atomic E-state index is -0.0524. The number of hydrogen-bond acceptors (Lipinski definition) is 2. The van der Waals surface area contributed by atoms with Crippen molar-refractivity contribution in [3.8, 4) is 0 Å². The fourth-order valence-corrected chi connectivity index (χ4v) is 2.33. The first kappa shape index (κ1) is 13.3. The van der Waals surface area contributed by atoms with Gasteiger partial charge in [0.25, 0.3) is 0 Å². The molecule has 1 heterocycles. The summed E-state index contributed by atoms with van der Waals surface area (Å²) in [4.78, 5) is 16.2. The van der Waals surface area contributed by atoms with Gasteiger partial charge in [0.2, 0.25) is 5.91 Å². The van der Waals surface area contributed by atoms with Crippen molar-refractivity contribution in [1.29, 1.82) is 0 Å². The van der Waals surface area contributed by atoms with Crippen molar-refractivity contribution in [2.45, 2.75) is 13.3 Å². The van der Waals surface area contributed by atoms with Crippen LogP contribution in [0.25, 0.3) is 10.8 Å². The van der Waals surface area contributed by atoms with Gasteiger partial charge in [0.1, 0.15) is 5.82 Å². The maximum atomic E-state index is 12.1. The minimum Gasteiger partial charge on any atom is -0.310 e. The van der Waals surface area contributed by atoms with E-state index in [0.29, 0.717) is 12.2 Å². The van der Waals surface area contributed by atoms with Crippen molar-refractivity contribution in [2.75, 3.05) is 5.32 Å². The van der Waals surface area contributed by atoms with Gasteiger partial charge in [0.05, 0.1) is 6.42 Å². The van der Waals surface area contributed by atoms with E-state index in [4.69, 9.17) is 0 Å². The highest BCUT2D eigenvalue weighted by Crippen LogP contribution is 2.16. The molecule has 3 rings (SSSR count). The second-order valence-electron chi connectivity index (χ2n) is 5.12. The number of aryl methyl sites for hydroxylation is 1. The fraction of sp³-hybridized carbons (Fsp3) is 0.111. The van der Waals surface area contributed by atoms with E-state index in [1.54, 1.807) is 6.20 Å². The molecule has 3 nitrogen and oxygen atoms in total. The van der Waals surface area contributed by atoms with Crippen LogP contribution in [0.2, 0.25) is 0 Å². The predicted octanol–water partition coefficient (Wildman–Crippen LogP) is 3.72. The Hall–Kier alpha value is -2.68. The Morgan fingerprint density at radius 1 is 1.05 bits per heavy atom. The van der Waals surface area contributed by atoms with Crippen LogP contribution >= 0.6 is 0 Å². The highest BCUT2D eigenvalue weighted by Gasteiger charge is 2.05. The first-order valence-corrected chi connectivity index (χ1v) is 6.91. The van der Waals surface area contributed by atoms with Crippen molar-refractivity contribution < 1.29 is 4.79 Å². The molecule has 0 radical (unpaired) electrons. The third-order valence-corrected chi connectivity index (χ3v) is 3.36. The lowest BCUT2D eigenvalue weighted by molar-refractivity contribution is -0.115.